The average Bonchev–Trinajstić information content (AvgIpc) is 3.12. The number of likely N-dealkylation sites (N-methyl/N-ethyl adjacent to an activating group) is 1. The normalized spacial score (nSPS) is 14.8. The van der Waals surface area contributed by atoms with E-state index in [9.17, 15) is 9.18 Å². The zero-order chi connectivity index (χ0) is 20.4. The number of rotatable bonds is 4. The van der Waals surface area contributed by atoms with Gasteiger partial charge in [0.1, 0.15) is 11.6 Å². The van der Waals surface area contributed by atoms with Crippen molar-refractivity contribution in [3.63, 3.8) is 0 Å². The molecule has 29 heavy (non-hydrogen) atoms. The fourth-order valence-corrected chi connectivity index (χ4v) is 3.48. The number of amides is 1. The summed E-state index contributed by atoms with van der Waals surface area (Å²) in [7, 11) is 2.19. The van der Waals surface area contributed by atoms with Crippen molar-refractivity contribution in [2.24, 2.45) is 0 Å². The molecule has 0 radical (unpaired) electrons. The van der Waals surface area contributed by atoms with E-state index in [-0.39, 0.29) is 17.5 Å². The Bertz CT molecular complexity index is 1010. The minimum Gasteiger partial charge on any atom is -0.359 e. The largest absolute Gasteiger partial charge is 0.359 e. The van der Waals surface area contributed by atoms with E-state index in [1.165, 1.54) is 21.7 Å². The predicted octanol–water partition coefficient (Wildman–Crippen LogP) is 1.30. The number of nitrogens with one attached hydrogen (secondary N) is 2. The standard InChI is InChI=1S/C21H23FN6O/c1-15-23-20(25-28(15)17-9-7-16(22)8-10-17)21(29)24-18-5-3-4-6-19(18)27-13-11-26(2)12-14-27/h3-10H,11-14H2,1-2H3,(H,24,29)/p+1. The predicted molar refractivity (Wildman–Crippen MR) is 109 cm³/mol. The second kappa shape index (κ2) is 8.00. The second-order valence-corrected chi connectivity index (χ2v) is 7.29. The fraction of sp³-hybridized carbons (Fsp3) is 0.286. The van der Waals surface area contributed by atoms with Crippen LogP contribution in [0.15, 0.2) is 48.5 Å². The van der Waals surface area contributed by atoms with Gasteiger partial charge in [0.2, 0.25) is 5.82 Å². The van der Waals surface area contributed by atoms with Gasteiger partial charge in [0.15, 0.2) is 0 Å². The highest BCUT2D eigenvalue weighted by atomic mass is 19.1. The third-order valence-electron chi connectivity index (χ3n) is 5.15. The van der Waals surface area contributed by atoms with Gasteiger partial charge in [-0.15, -0.1) is 5.10 Å². The van der Waals surface area contributed by atoms with Gasteiger partial charge in [0.25, 0.3) is 5.91 Å². The lowest BCUT2D eigenvalue weighted by molar-refractivity contribution is -0.880. The number of halogens is 1. The lowest BCUT2D eigenvalue weighted by atomic mass is 10.2. The molecule has 1 aromatic heterocycles. The van der Waals surface area contributed by atoms with Crippen LogP contribution in [0.2, 0.25) is 0 Å². The zero-order valence-corrected chi connectivity index (χ0v) is 16.5. The SMILES string of the molecule is Cc1nc(C(=O)Nc2ccccc2N2CC[NH+](C)CC2)nn1-c1ccc(F)cc1. The molecule has 0 spiro atoms. The Morgan fingerprint density at radius 2 is 1.79 bits per heavy atom. The third-order valence-corrected chi connectivity index (χ3v) is 5.15. The van der Waals surface area contributed by atoms with Gasteiger partial charge in [-0.2, -0.15) is 0 Å². The van der Waals surface area contributed by atoms with Crippen LogP contribution < -0.4 is 15.1 Å². The van der Waals surface area contributed by atoms with Crippen molar-refractivity contribution >= 4 is 17.3 Å². The Labute approximate surface area is 168 Å². The van der Waals surface area contributed by atoms with Crippen molar-refractivity contribution in [2.45, 2.75) is 6.92 Å². The molecule has 0 saturated carbocycles. The van der Waals surface area contributed by atoms with Gasteiger partial charge in [0, 0.05) is 0 Å². The molecule has 0 unspecified atom stereocenters. The van der Waals surface area contributed by atoms with Crippen LogP contribution in [0.3, 0.4) is 0 Å². The fourth-order valence-electron chi connectivity index (χ4n) is 3.48. The summed E-state index contributed by atoms with van der Waals surface area (Å²) in [6, 6.07) is 13.7. The molecule has 0 bridgehead atoms. The molecule has 1 saturated heterocycles. The number of hydrogen-bond acceptors (Lipinski definition) is 4. The van der Waals surface area contributed by atoms with E-state index in [0.717, 1.165) is 37.6 Å². The number of quaternary nitrogens is 1. The molecule has 2 N–H and O–H groups in total. The van der Waals surface area contributed by atoms with Crippen molar-refractivity contribution in [3.8, 4) is 5.69 Å². The van der Waals surface area contributed by atoms with Crippen LogP contribution in [-0.4, -0.2) is 53.9 Å². The lowest BCUT2D eigenvalue weighted by Crippen LogP contribution is -3.12. The molecular formula is C21H24FN6O+. The summed E-state index contributed by atoms with van der Waals surface area (Å²) in [5.74, 6) is -0.0747. The zero-order valence-electron chi connectivity index (χ0n) is 16.5. The van der Waals surface area contributed by atoms with Crippen molar-refractivity contribution in [1.29, 1.82) is 0 Å². The van der Waals surface area contributed by atoms with Crippen molar-refractivity contribution < 1.29 is 14.1 Å². The van der Waals surface area contributed by atoms with Gasteiger partial charge >= 0.3 is 0 Å². The van der Waals surface area contributed by atoms with E-state index in [1.54, 1.807) is 19.1 Å². The molecular weight excluding hydrogens is 371 g/mol. The van der Waals surface area contributed by atoms with Gasteiger partial charge in [-0.3, -0.25) is 4.79 Å². The second-order valence-electron chi connectivity index (χ2n) is 7.29. The summed E-state index contributed by atoms with van der Waals surface area (Å²) in [6.45, 7) is 5.76. The van der Waals surface area contributed by atoms with E-state index in [2.05, 4.69) is 27.3 Å². The summed E-state index contributed by atoms with van der Waals surface area (Å²) >= 11 is 0. The first kappa shape index (κ1) is 19.1. The van der Waals surface area contributed by atoms with Gasteiger partial charge in [-0.1, -0.05) is 12.1 Å². The molecule has 1 fully saturated rings. The van der Waals surface area contributed by atoms with E-state index < -0.39 is 0 Å². The molecule has 4 rings (SSSR count). The molecule has 2 aromatic carbocycles. The number of aromatic nitrogens is 3. The molecule has 0 atom stereocenters. The van der Waals surface area contributed by atoms with Gasteiger partial charge in [-0.25, -0.2) is 14.1 Å². The summed E-state index contributed by atoms with van der Waals surface area (Å²) in [5.41, 5.74) is 2.40. The summed E-state index contributed by atoms with van der Waals surface area (Å²) in [5, 5.41) is 7.26. The molecule has 1 aliphatic heterocycles. The molecule has 7 nitrogen and oxygen atoms in total. The number of piperazine rings is 1. The van der Waals surface area contributed by atoms with Gasteiger partial charge in [0.05, 0.1) is 50.3 Å². The highest BCUT2D eigenvalue weighted by molar-refractivity contribution is 6.03. The first-order valence-electron chi connectivity index (χ1n) is 9.67. The summed E-state index contributed by atoms with van der Waals surface area (Å²) in [4.78, 5) is 20.9. The number of nitrogens with zero attached hydrogens (tertiary/aromatic N) is 4. The number of aryl methyl sites for hydroxylation is 1. The molecule has 2 heterocycles. The number of para-hydroxylation sites is 2. The number of anilines is 2. The first-order valence-corrected chi connectivity index (χ1v) is 9.67. The molecule has 1 amide bonds. The van der Waals surface area contributed by atoms with Crippen LogP contribution in [0.5, 0.6) is 0 Å². The smallest absolute Gasteiger partial charge is 0.295 e. The van der Waals surface area contributed by atoms with Crippen LogP contribution >= 0.6 is 0 Å². The molecule has 150 valence electrons. The van der Waals surface area contributed by atoms with E-state index in [0.29, 0.717) is 11.5 Å². The van der Waals surface area contributed by atoms with Crippen molar-refractivity contribution in [3.05, 3.63) is 66.0 Å². The minimum atomic E-state index is -0.374. The topological polar surface area (TPSA) is 67.5 Å². The maximum absolute atomic E-state index is 13.2. The number of hydrogen-bond donors (Lipinski definition) is 2. The molecule has 0 aliphatic carbocycles. The van der Waals surface area contributed by atoms with E-state index in [1.807, 2.05) is 24.3 Å². The summed E-state index contributed by atoms with van der Waals surface area (Å²) < 4.78 is 14.7. The van der Waals surface area contributed by atoms with Gasteiger partial charge < -0.3 is 15.1 Å². The Morgan fingerprint density at radius 1 is 1.10 bits per heavy atom. The highest BCUT2D eigenvalue weighted by Crippen LogP contribution is 2.26. The minimum absolute atomic E-state index is 0.0736. The van der Waals surface area contributed by atoms with Crippen molar-refractivity contribution in [2.75, 3.05) is 43.4 Å². The van der Waals surface area contributed by atoms with Crippen LogP contribution in [-0.2, 0) is 0 Å². The third kappa shape index (κ3) is 4.12. The first-order chi connectivity index (χ1) is 14.0. The van der Waals surface area contributed by atoms with Gasteiger partial charge in [-0.05, 0) is 43.3 Å². The number of benzene rings is 2. The maximum Gasteiger partial charge on any atom is 0.295 e. The van der Waals surface area contributed by atoms with Crippen LogP contribution in [0.1, 0.15) is 16.4 Å². The molecule has 1 aliphatic rings. The average molecular weight is 395 g/mol. The molecule has 8 heteroatoms. The van der Waals surface area contributed by atoms with Crippen LogP contribution in [0.25, 0.3) is 5.69 Å². The number of carbonyl (C=O) groups excluding carboxylic acids is 1. The molecule has 3 aromatic rings. The Balaban J connectivity index is 1.55. The monoisotopic (exact) mass is 395 g/mol. The Hall–Kier alpha value is -3.26. The van der Waals surface area contributed by atoms with Crippen LogP contribution in [0.4, 0.5) is 15.8 Å². The highest BCUT2D eigenvalue weighted by Gasteiger charge is 2.21. The quantitative estimate of drug-likeness (QED) is 0.699. The van der Waals surface area contributed by atoms with Crippen molar-refractivity contribution in [1.82, 2.24) is 14.8 Å². The number of carbonyl (C=O) groups is 1. The lowest BCUT2D eigenvalue weighted by Gasteiger charge is -2.32. The Morgan fingerprint density at radius 3 is 2.52 bits per heavy atom. The Kier molecular flexibility index (Phi) is 5.26. The van der Waals surface area contributed by atoms with Crippen LogP contribution in [0, 0.1) is 12.7 Å². The van der Waals surface area contributed by atoms with E-state index >= 15 is 0 Å². The van der Waals surface area contributed by atoms with E-state index in [4.69, 9.17) is 0 Å². The summed E-state index contributed by atoms with van der Waals surface area (Å²) in [6.07, 6.45) is 0. The maximum atomic E-state index is 13.2.